The summed E-state index contributed by atoms with van der Waals surface area (Å²) >= 11 is 0. The Morgan fingerprint density at radius 2 is 0.842 bits per heavy atom. The van der Waals surface area contributed by atoms with E-state index in [9.17, 15) is 0 Å². The first-order chi connectivity index (χ1) is 28.3. The van der Waals surface area contributed by atoms with Crippen molar-refractivity contribution in [2.75, 3.05) is 0 Å². The van der Waals surface area contributed by atoms with Gasteiger partial charge in [0.15, 0.2) is 0 Å². The molecule has 0 N–H and O–H groups in total. The maximum Gasteiger partial charge on any atom is 0.0755 e. The zero-order valence-electron chi connectivity index (χ0n) is 31.2. The van der Waals surface area contributed by atoms with Gasteiger partial charge in [0.05, 0.1) is 22.1 Å². The molecule has 0 amide bonds. The maximum absolute atomic E-state index is 2.54. The zero-order valence-corrected chi connectivity index (χ0v) is 32.1. The Morgan fingerprint density at radius 1 is 0.333 bits per heavy atom. The predicted molar refractivity (Wildman–Crippen MR) is 241 cm³/mol. The van der Waals surface area contributed by atoms with Crippen LogP contribution in [0, 0.1) is 0 Å². The average Bonchev–Trinajstić information content (AvgIpc) is 3.63. The Hall–Kier alpha value is -6.79. The lowest BCUT2D eigenvalue weighted by molar-refractivity contribution is 0.735. The molecule has 1 spiro atoms. The van der Waals surface area contributed by atoms with E-state index < -0.39 is 13.3 Å². The number of fused-ring (bicyclic) bond motifs is 11. The SMILES string of the molecule is c1ccc(-c2ccc(-c3ccc(-c4ccc5c(c4)C4(c6ccccc6-n6c7ccccc7c7cccc4c76)c4ccccc4P5c4ccccc4)cc3)cc2)cc1. The van der Waals surface area contributed by atoms with Crippen molar-refractivity contribution in [3.05, 3.63) is 241 Å². The van der Waals surface area contributed by atoms with Crippen LogP contribution in [0.5, 0.6) is 0 Å². The van der Waals surface area contributed by atoms with Crippen LogP contribution in [0.3, 0.4) is 0 Å². The number of benzene rings is 9. The van der Waals surface area contributed by atoms with E-state index in [4.69, 9.17) is 0 Å². The lowest BCUT2D eigenvalue weighted by Gasteiger charge is -2.48. The van der Waals surface area contributed by atoms with Crippen molar-refractivity contribution in [3.8, 4) is 39.1 Å². The molecule has 1 aromatic heterocycles. The summed E-state index contributed by atoms with van der Waals surface area (Å²) in [6.07, 6.45) is 0. The molecular formula is C55H36NP. The molecule has 57 heavy (non-hydrogen) atoms. The van der Waals surface area contributed by atoms with Gasteiger partial charge in [0.2, 0.25) is 0 Å². The molecule has 0 saturated carbocycles. The quantitative estimate of drug-likeness (QED) is 0.158. The van der Waals surface area contributed by atoms with Gasteiger partial charge in [-0.05, 0) is 97.7 Å². The Kier molecular flexibility index (Phi) is 7.18. The van der Waals surface area contributed by atoms with Gasteiger partial charge in [-0.2, -0.15) is 0 Å². The first-order valence-electron chi connectivity index (χ1n) is 19.8. The average molecular weight is 742 g/mol. The van der Waals surface area contributed by atoms with Gasteiger partial charge in [0.25, 0.3) is 0 Å². The summed E-state index contributed by atoms with van der Waals surface area (Å²) < 4.78 is 2.53. The molecule has 0 aliphatic carbocycles. The predicted octanol–water partition coefficient (Wildman–Crippen LogP) is 12.6. The molecule has 266 valence electrons. The number of hydrogen-bond acceptors (Lipinski definition) is 0. The molecule has 2 atom stereocenters. The first-order valence-corrected chi connectivity index (χ1v) is 21.1. The van der Waals surface area contributed by atoms with Crippen molar-refractivity contribution in [1.82, 2.24) is 4.57 Å². The minimum absolute atomic E-state index is 0.531. The molecule has 10 aromatic rings. The van der Waals surface area contributed by atoms with E-state index in [1.165, 1.54) is 99.0 Å². The Balaban J connectivity index is 1.10. The largest absolute Gasteiger partial charge is 0.309 e. The van der Waals surface area contributed by atoms with Crippen LogP contribution in [-0.4, -0.2) is 4.57 Å². The minimum Gasteiger partial charge on any atom is -0.309 e. The molecule has 12 rings (SSSR count). The molecule has 2 heteroatoms. The first kappa shape index (κ1) is 32.5. The zero-order chi connectivity index (χ0) is 37.5. The summed E-state index contributed by atoms with van der Waals surface area (Å²) in [6, 6.07) is 81.7. The van der Waals surface area contributed by atoms with Gasteiger partial charge in [0.1, 0.15) is 0 Å². The molecule has 9 aromatic carbocycles. The van der Waals surface area contributed by atoms with Crippen molar-refractivity contribution in [2.45, 2.75) is 5.41 Å². The van der Waals surface area contributed by atoms with E-state index in [1.807, 2.05) is 0 Å². The van der Waals surface area contributed by atoms with E-state index in [2.05, 4.69) is 223 Å². The third kappa shape index (κ3) is 4.67. The molecule has 2 aliphatic rings. The number of hydrogen-bond donors (Lipinski definition) is 0. The fourth-order valence-corrected chi connectivity index (χ4v) is 12.7. The Bertz CT molecular complexity index is 3160. The number of rotatable bonds is 4. The van der Waals surface area contributed by atoms with Crippen molar-refractivity contribution in [2.24, 2.45) is 0 Å². The van der Waals surface area contributed by atoms with Crippen LogP contribution >= 0.6 is 7.92 Å². The fourth-order valence-electron chi connectivity index (χ4n) is 9.95. The van der Waals surface area contributed by atoms with Crippen molar-refractivity contribution in [3.63, 3.8) is 0 Å². The van der Waals surface area contributed by atoms with E-state index in [-0.39, 0.29) is 0 Å². The Labute approximate surface area is 333 Å². The summed E-state index contributed by atoms with van der Waals surface area (Å²) in [5.41, 5.74) is 16.1. The summed E-state index contributed by atoms with van der Waals surface area (Å²) in [6.45, 7) is 0. The van der Waals surface area contributed by atoms with E-state index >= 15 is 0 Å². The third-order valence-corrected chi connectivity index (χ3v) is 15.0. The topological polar surface area (TPSA) is 4.93 Å². The molecule has 1 nitrogen and oxygen atoms in total. The standard InChI is InChI=1S/C55H36NP/c1-3-14-37(15-4-1)38-26-28-39(29-27-38)40-30-32-41(33-31-40)42-34-35-53-49(36-42)55(47-21-9-12-25-52(47)57(53)43-16-5-2-6-17-43)46-20-8-11-24-51(46)56-50-23-10-7-18-44(50)45-19-13-22-48(55)54(45)56/h1-36H. The van der Waals surface area contributed by atoms with Gasteiger partial charge in [-0.25, -0.2) is 0 Å². The highest BCUT2D eigenvalue weighted by molar-refractivity contribution is 7.80. The van der Waals surface area contributed by atoms with Crippen LogP contribution in [0.15, 0.2) is 218 Å². The van der Waals surface area contributed by atoms with Gasteiger partial charge < -0.3 is 4.57 Å². The number of para-hydroxylation sites is 3. The van der Waals surface area contributed by atoms with Gasteiger partial charge >= 0.3 is 0 Å². The molecule has 3 heterocycles. The number of nitrogens with zero attached hydrogens (tertiary/aromatic N) is 1. The van der Waals surface area contributed by atoms with Crippen molar-refractivity contribution >= 4 is 45.6 Å². The maximum atomic E-state index is 2.54. The summed E-state index contributed by atoms with van der Waals surface area (Å²) in [5, 5.41) is 6.82. The molecule has 2 unspecified atom stereocenters. The van der Waals surface area contributed by atoms with Gasteiger partial charge in [-0.3, -0.25) is 0 Å². The van der Waals surface area contributed by atoms with Crippen LogP contribution in [-0.2, 0) is 5.41 Å². The van der Waals surface area contributed by atoms with Crippen LogP contribution in [0.1, 0.15) is 22.3 Å². The lowest BCUT2D eigenvalue weighted by atomic mass is 9.62. The molecular weight excluding hydrogens is 706 g/mol. The summed E-state index contributed by atoms with van der Waals surface area (Å²) in [4.78, 5) is 0. The number of aromatic nitrogens is 1. The fraction of sp³-hybridized carbons (Fsp3) is 0.0182. The van der Waals surface area contributed by atoms with Crippen LogP contribution in [0.4, 0.5) is 0 Å². The third-order valence-electron chi connectivity index (χ3n) is 12.4. The Morgan fingerprint density at radius 3 is 1.58 bits per heavy atom. The van der Waals surface area contributed by atoms with Crippen LogP contribution in [0.25, 0.3) is 60.9 Å². The highest BCUT2D eigenvalue weighted by Gasteiger charge is 2.51. The molecule has 2 aliphatic heterocycles. The highest BCUT2D eigenvalue weighted by atomic mass is 31.1. The molecule has 0 fully saturated rings. The van der Waals surface area contributed by atoms with E-state index in [0.717, 1.165) is 0 Å². The van der Waals surface area contributed by atoms with Crippen LogP contribution in [0.2, 0.25) is 0 Å². The van der Waals surface area contributed by atoms with Crippen molar-refractivity contribution < 1.29 is 0 Å². The monoisotopic (exact) mass is 741 g/mol. The second-order valence-electron chi connectivity index (χ2n) is 15.3. The van der Waals surface area contributed by atoms with Gasteiger partial charge in [0, 0.05) is 10.8 Å². The molecule has 0 radical (unpaired) electrons. The normalized spacial score (nSPS) is 16.3. The summed E-state index contributed by atoms with van der Waals surface area (Å²) in [7, 11) is -0.828. The second-order valence-corrected chi connectivity index (χ2v) is 17.4. The van der Waals surface area contributed by atoms with Gasteiger partial charge in [-0.1, -0.05) is 200 Å². The van der Waals surface area contributed by atoms with Crippen molar-refractivity contribution in [1.29, 1.82) is 0 Å². The highest BCUT2D eigenvalue weighted by Crippen LogP contribution is 2.58. The van der Waals surface area contributed by atoms with Crippen LogP contribution < -0.4 is 15.9 Å². The smallest absolute Gasteiger partial charge is 0.0755 e. The van der Waals surface area contributed by atoms with E-state index in [0.29, 0.717) is 0 Å². The molecule has 0 bridgehead atoms. The van der Waals surface area contributed by atoms with Gasteiger partial charge in [-0.15, -0.1) is 0 Å². The lowest BCUT2D eigenvalue weighted by Crippen LogP contribution is -2.47. The second kappa shape index (κ2) is 12.6. The summed E-state index contributed by atoms with van der Waals surface area (Å²) in [5.74, 6) is 0. The van der Waals surface area contributed by atoms with E-state index in [1.54, 1.807) is 0 Å². The molecule has 0 saturated heterocycles. The minimum atomic E-state index is -0.828.